The summed E-state index contributed by atoms with van der Waals surface area (Å²) in [5.74, 6) is 0.720. The van der Waals surface area contributed by atoms with Gasteiger partial charge in [-0.1, -0.05) is 145 Å². The van der Waals surface area contributed by atoms with E-state index >= 15 is 0 Å². The number of hydrogen-bond acceptors (Lipinski definition) is 1. The van der Waals surface area contributed by atoms with Crippen LogP contribution in [0.5, 0.6) is 0 Å². The lowest BCUT2D eigenvalue weighted by Gasteiger charge is -2.41. The zero-order chi connectivity index (χ0) is 23.1. The van der Waals surface area contributed by atoms with Crippen molar-refractivity contribution in [3.8, 4) is 0 Å². The van der Waals surface area contributed by atoms with Crippen molar-refractivity contribution >= 4 is 14.7 Å². The molecule has 170 valence electrons. The Hall–Kier alpha value is -2.94. The second-order valence-electron chi connectivity index (χ2n) is 9.30. The van der Waals surface area contributed by atoms with Crippen molar-refractivity contribution in [3.05, 3.63) is 138 Å². The minimum atomic E-state index is -0.613. The summed E-state index contributed by atoms with van der Waals surface area (Å²) in [7, 11) is 0.876. The summed E-state index contributed by atoms with van der Waals surface area (Å²) in [5.41, 5.74) is 2.97. The third-order valence-electron chi connectivity index (χ3n) is 6.99. The predicted octanol–water partition coefficient (Wildman–Crippen LogP) is 7.00. The van der Waals surface area contributed by atoms with E-state index in [9.17, 15) is 0 Å². The largest absolute Gasteiger partial charge is 0.358 e. The molecule has 5 rings (SSSR count). The molecule has 0 saturated heterocycles. The standard InChI is InChI=1S/C32H32OSi/c1-5-15-27(16-6-1)32(28-17-7-2-8-18-28,29-19-9-3-10-20-29)33-30-21-13-14-26(24-30)25-34-31-22-11-4-12-23-31/h1-12,15-20,22-23,26,30H,13-14,21,24-25H2/t26-,30-/m0/s1. The topological polar surface area (TPSA) is 9.23 Å². The maximum atomic E-state index is 7.32. The van der Waals surface area contributed by atoms with Gasteiger partial charge in [-0.05, 0) is 35.4 Å². The van der Waals surface area contributed by atoms with Gasteiger partial charge in [-0.15, -0.1) is 0 Å². The monoisotopic (exact) mass is 460 g/mol. The summed E-state index contributed by atoms with van der Waals surface area (Å²) in [6, 6.07) is 44.6. The fourth-order valence-corrected chi connectivity index (χ4v) is 6.65. The molecule has 0 heterocycles. The minimum absolute atomic E-state index is 0.236. The Bertz CT molecular complexity index is 1030. The molecule has 1 saturated carbocycles. The molecule has 0 N–H and O–H groups in total. The summed E-state index contributed by atoms with van der Waals surface area (Å²) >= 11 is 0. The van der Waals surface area contributed by atoms with Crippen molar-refractivity contribution < 1.29 is 4.74 Å². The highest BCUT2D eigenvalue weighted by atomic mass is 28.2. The average Bonchev–Trinajstić information content (AvgIpc) is 2.93. The van der Waals surface area contributed by atoms with E-state index in [2.05, 4.69) is 121 Å². The van der Waals surface area contributed by atoms with E-state index in [0.717, 1.165) is 28.3 Å². The van der Waals surface area contributed by atoms with Crippen LogP contribution in [0.4, 0.5) is 0 Å². The predicted molar refractivity (Wildman–Crippen MR) is 143 cm³/mol. The normalized spacial score (nSPS) is 18.5. The maximum absolute atomic E-state index is 7.32. The summed E-state index contributed by atoms with van der Waals surface area (Å²) in [4.78, 5) is 0. The molecule has 2 heteroatoms. The van der Waals surface area contributed by atoms with Crippen molar-refractivity contribution in [2.24, 2.45) is 5.92 Å². The smallest absolute Gasteiger partial charge is 0.144 e. The average molecular weight is 461 g/mol. The number of benzene rings is 4. The van der Waals surface area contributed by atoms with Gasteiger partial charge in [0.1, 0.15) is 5.60 Å². The van der Waals surface area contributed by atoms with Crippen molar-refractivity contribution in [1.29, 1.82) is 0 Å². The van der Waals surface area contributed by atoms with Gasteiger partial charge in [-0.25, -0.2) is 0 Å². The van der Waals surface area contributed by atoms with Gasteiger partial charge in [0, 0.05) is 0 Å². The minimum Gasteiger partial charge on any atom is -0.358 e. The van der Waals surface area contributed by atoms with E-state index < -0.39 is 5.60 Å². The Balaban J connectivity index is 1.46. The molecule has 1 aliphatic carbocycles. The summed E-state index contributed by atoms with van der Waals surface area (Å²) in [6.45, 7) is 0. The summed E-state index contributed by atoms with van der Waals surface area (Å²) in [6.07, 6.45) is 5.05. The van der Waals surface area contributed by atoms with Crippen LogP contribution < -0.4 is 5.19 Å². The van der Waals surface area contributed by atoms with Gasteiger partial charge in [0.2, 0.25) is 0 Å². The van der Waals surface area contributed by atoms with Crippen molar-refractivity contribution in [2.75, 3.05) is 0 Å². The van der Waals surface area contributed by atoms with E-state index in [0.29, 0.717) is 0 Å². The lowest BCUT2D eigenvalue weighted by molar-refractivity contribution is -0.0697. The van der Waals surface area contributed by atoms with Crippen LogP contribution in [0.25, 0.3) is 0 Å². The zero-order valence-corrected chi connectivity index (χ0v) is 20.6. The molecule has 1 fully saturated rings. The first kappa shape index (κ1) is 22.8. The molecular formula is C32H32OSi. The highest BCUT2D eigenvalue weighted by Gasteiger charge is 2.40. The number of ether oxygens (including phenoxy) is 1. The van der Waals surface area contributed by atoms with E-state index in [4.69, 9.17) is 4.74 Å². The molecule has 0 aliphatic heterocycles. The molecule has 4 aromatic carbocycles. The van der Waals surface area contributed by atoms with E-state index in [1.165, 1.54) is 40.8 Å². The van der Waals surface area contributed by atoms with Crippen LogP contribution in [0.2, 0.25) is 6.04 Å². The molecule has 0 bridgehead atoms. The van der Waals surface area contributed by atoms with Crippen molar-refractivity contribution in [1.82, 2.24) is 0 Å². The van der Waals surface area contributed by atoms with Gasteiger partial charge < -0.3 is 4.74 Å². The molecular weight excluding hydrogens is 428 g/mol. The van der Waals surface area contributed by atoms with Gasteiger partial charge in [0.25, 0.3) is 0 Å². The number of rotatable bonds is 8. The Morgan fingerprint density at radius 2 is 1.09 bits per heavy atom. The second-order valence-corrected chi connectivity index (χ2v) is 10.6. The lowest BCUT2D eigenvalue weighted by atomic mass is 9.79. The van der Waals surface area contributed by atoms with Crippen LogP contribution in [0.3, 0.4) is 0 Å². The third kappa shape index (κ3) is 5.09. The van der Waals surface area contributed by atoms with Gasteiger partial charge in [-0.3, -0.25) is 0 Å². The zero-order valence-electron chi connectivity index (χ0n) is 19.6. The Labute approximate surface area is 206 Å². The molecule has 2 radical (unpaired) electrons. The van der Waals surface area contributed by atoms with E-state index in [-0.39, 0.29) is 6.10 Å². The highest BCUT2D eigenvalue weighted by Crippen LogP contribution is 2.44. The lowest BCUT2D eigenvalue weighted by Crippen LogP contribution is -2.39. The quantitative estimate of drug-likeness (QED) is 0.203. The SMILES string of the molecule is c1ccc([Si]C[C@H]2CCC[C@H](OC(c3ccccc3)(c3ccccc3)c3ccccc3)C2)cc1. The molecule has 0 amide bonds. The summed E-state index contributed by atoms with van der Waals surface area (Å²) < 4.78 is 7.32. The first-order valence-electron chi connectivity index (χ1n) is 12.5. The van der Waals surface area contributed by atoms with Crippen LogP contribution in [0.15, 0.2) is 121 Å². The summed E-state index contributed by atoms with van der Waals surface area (Å²) in [5, 5.41) is 1.47. The van der Waals surface area contributed by atoms with E-state index in [1.807, 2.05) is 0 Å². The van der Waals surface area contributed by atoms with Crippen LogP contribution in [0.1, 0.15) is 42.4 Å². The Morgan fingerprint density at radius 1 is 0.618 bits per heavy atom. The molecule has 0 spiro atoms. The van der Waals surface area contributed by atoms with Crippen LogP contribution in [-0.2, 0) is 10.3 Å². The molecule has 2 atom stereocenters. The Kier molecular flexibility index (Phi) is 7.38. The number of hydrogen-bond donors (Lipinski definition) is 0. The van der Waals surface area contributed by atoms with Crippen molar-refractivity contribution in [2.45, 2.75) is 43.4 Å². The molecule has 0 aromatic heterocycles. The van der Waals surface area contributed by atoms with Crippen LogP contribution in [-0.4, -0.2) is 15.6 Å². The van der Waals surface area contributed by atoms with Gasteiger partial charge in [0.15, 0.2) is 0 Å². The fraction of sp³-hybridized carbons (Fsp3) is 0.250. The second kappa shape index (κ2) is 11.0. The Morgan fingerprint density at radius 3 is 1.59 bits per heavy atom. The molecule has 1 aliphatic rings. The third-order valence-corrected chi connectivity index (χ3v) is 8.51. The van der Waals surface area contributed by atoms with E-state index in [1.54, 1.807) is 0 Å². The van der Waals surface area contributed by atoms with Gasteiger partial charge in [-0.2, -0.15) is 0 Å². The fourth-order valence-electron chi connectivity index (χ4n) is 5.33. The van der Waals surface area contributed by atoms with Gasteiger partial charge >= 0.3 is 0 Å². The first-order chi connectivity index (χ1) is 16.8. The van der Waals surface area contributed by atoms with Crippen molar-refractivity contribution in [3.63, 3.8) is 0 Å². The van der Waals surface area contributed by atoms with Gasteiger partial charge in [0.05, 0.1) is 15.6 Å². The molecule has 34 heavy (non-hydrogen) atoms. The van der Waals surface area contributed by atoms with Crippen LogP contribution in [0, 0.1) is 5.92 Å². The van der Waals surface area contributed by atoms with Crippen LogP contribution >= 0.6 is 0 Å². The molecule has 1 nitrogen and oxygen atoms in total. The molecule has 4 aromatic rings. The maximum Gasteiger partial charge on any atom is 0.144 e. The highest BCUT2D eigenvalue weighted by molar-refractivity contribution is 6.53. The first-order valence-corrected chi connectivity index (χ1v) is 13.7. The molecule has 0 unspecified atom stereocenters.